The quantitative estimate of drug-likeness (QED) is 0.0159. The summed E-state index contributed by atoms with van der Waals surface area (Å²) in [7, 11) is -19.5. The van der Waals surface area contributed by atoms with Crippen molar-refractivity contribution < 1.29 is 98.0 Å². The first-order chi connectivity index (χ1) is 37.9. The van der Waals surface area contributed by atoms with Crippen LogP contribution in [0.25, 0.3) is 0 Å². The molecule has 450 valence electrons. The standard InChI is InChI=1S/C47H65N7O22S5/c1-28-22-37(70-4)29(2)30(3)43(28)78(59,60)53-36(46(57)52-35(47(58)54-17-6-5-7-18-54)23-31-8-10-32(11-9-31)44(48)49)26-77-27-40(55)51-34-14-12-33(13-15-34)45(56)50-16-19-71-20-21-72-41-38(25-74-79(61,62)63)73-24-39(75-80(64,65)66)42(41)76-81(67,68)69/h8-15,22,35-36,38-39,41-42,53H,5-7,16-21,23-27H2,1-4H3,(H3,48,49)(H,50,56)(H,51,55)(H,52,57)(H,61,62,63)(H,64,65,66)(H,67,68,69)/p-3/t35?,36-,38?,39?,41-,42+/m0/s1. The minimum Gasteiger partial charge on any atom is -0.726 e. The Morgan fingerprint density at radius 1 is 0.815 bits per heavy atom. The van der Waals surface area contributed by atoms with Gasteiger partial charge in [0, 0.05) is 48.6 Å². The van der Waals surface area contributed by atoms with Crippen LogP contribution in [-0.4, -0.2) is 189 Å². The minimum absolute atomic E-state index is 0.0326. The molecule has 7 N–H and O–H groups in total. The highest BCUT2D eigenvalue weighted by molar-refractivity contribution is 8.00. The van der Waals surface area contributed by atoms with Crippen molar-refractivity contribution in [2.45, 2.75) is 87.8 Å². The molecule has 0 aromatic heterocycles. The molecular weight excluding hydrogens is 1170 g/mol. The zero-order chi connectivity index (χ0) is 59.9. The number of nitrogens with zero attached hydrogens (tertiary/aromatic N) is 1. The van der Waals surface area contributed by atoms with Gasteiger partial charge >= 0.3 is 0 Å². The molecule has 0 bridgehead atoms. The number of nitrogens with two attached hydrogens (primary N) is 1. The Kier molecular flexibility index (Phi) is 24.3. The lowest BCUT2D eigenvalue weighted by Gasteiger charge is -2.41. The Hall–Kier alpha value is -5.44. The van der Waals surface area contributed by atoms with Crippen molar-refractivity contribution in [2.75, 3.05) is 76.6 Å². The molecule has 0 saturated carbocycles. The molecule has 2 fully saturated rings. The molecule has 3 unspecified atom stereocenters. The summed E-state index contributed by atoms with van der Waals surface area (Å²) in [4.78, 5) is 56.2. The Bertz CT molecular complexity index is 3170. The number of benzene rings is 3. The number of amidine groups is 1. The summed E-state index contributed by atoms with van der Waals surface area (Å²) in [6, 6.07) is 11.2. The summed E-state index contributed by atoms with van der Waals surface area (Å²) in [5, 5.41) is 15.8. The van der Waals surface area contributed by atoms with Gasteiger partial charge in [-0.25, -0.2) is 33.7 Å². The monoisotopic (exact) mass is 1240 g/mol. The van der Waals surface area contributed by atoms with Gasteiger partial charge in [0.2, 0.25) is 58.9 Å². The van der Waals surface area contributed by atoms with Gasteiger partial charge in [0.25, 0.3) is 5.91 Å². The topological polar surface area (TPSA) is 440 Å². The zero-order valence-corrected chi connectivity index (χ0v) is 48.2. The normalized spacial score (nSPS) is 18.8. The first-order valence-corrected chi connectivity index (χ1v) is 31.2. The van der Waals surface area contributed by atoms with Crippen molar-refractivity contribution in [1.29, 1.82) is 5.41 Å². The number of sulfonamides is 1. The van der Waals surface area contributed by atoms with Gasteiger partial charge < -0.3 is 59.2 Å². The number of methoxy groups -OCH3 is 1. The number of anilines is 1. The van der Waals surface area contributed by atoms with Gasteiger partial charge in [-0.15, -0.1) is 11.8 Å². The predicted octanol–water partition coefficient (Wildman–Crippen LogP) is -0.639. The average molecular weight is 1240 g/mol. The Morgan fingerprint density at radius 3 is 2.06 bits per heavy atom. The molecule has 3 aromatic carbocycles. The first kappa shape index (κ1) is 66.4. The number of carbonyl (C=O) groups is 4. The van der Waals surface area contributed by atoms with Crippen molar-refractivity contribution in [3.05, 3.63) is 88.0 Å². The lowest BCUT2D eigenvalue weighted by molar-refractivity contribution is -0.200. The third kappa shape index (κ3) is 21.1. The molecule has 29 nitrogen and oxygen atoms in total. The molecule has 2 aliphatic rings. The lowest BCUT2D eigenvalue weighted by Crippen LogP contribution is -2.58. The van der Waals surface area contributed by atoms with E-state index in [0.29, 0.717) is 46.7 Å². The number of rotatable bonds is 30. The van der Waals surface area contributed by atoms with Gasteiger partial charge in [0.05, 0.1) is 50.8 Å². The van der Waals surface area contributed by atoms with Gasteiger partial charge in [-0.1, -0.05) is 24.3 Å². The maximum Gasteiger partial charge on any atom is 0.251 e. The van der Waals surface area contributed by atoms with E-state index in [-0.39, 0.29) is 65.6 Å². The Labute approximate surface area is 473 Å². The largest absolute Gasteiger partial charge is 0.726 e. The Balaban J connectivity index is 1.18. The van der Waals surface area contributed by atoms with Crippen molar-refractivity contribution >= 4 is 88.1 Å². The summed E-state index contributed by atoms with van der Waals surface area (Å²) in [6.45, 7) is 2.62. The van der Waals surface area contributed by atoms with E-state index in [4.69, 9.17) is 30.1 Å². The molecule has 0 spiro atoms. The Morgan fingerprint density at radius 2 is 1.46 bits per heavy atom. The van der Waals surface area contributed by atoms with E-state index in [1.807, 2.05) is 0 Å². The zero-order valence-electron chi connectivity index (χ0n) is 44.1. The number of piperidine rings is 1. The lowest BCUT2D eigenvalue weighted by atomic mass is 10.0. The number of thioether (sulfide) groups is 1. The third-order valence-electron chi connectivity index (χ3n) is 12.5. The maximum absolute atomic E-state index is 14.4. The summed E-state index contributed by atoms with van der Waals surface area (Å²) in [6.07, 6.45) is -5.39. The van der Waals surface area contributed by atoms with Crippen LogP contribution in [0.15, 0.2) is 59.5 Å². The molecule has 2 aliphatic heterocycles. The SMILES string of the molecule is COc1cc(C)c(S(=O)(=O)N[C@@H](CSCC(=O)Nc2ccc(C(=O)NCCOCCO[C@H]3C(COS(=O)(=O)[O-])OCC(OS(=O)(=O)[O-])[C@H]3OS(=O)(=O)[O-])cc2)C(=O)NC(Cc2ccc(C(=N)N)cc2)C(=O)N2CCCCC2)c(C)c1C. The number of likely N-dealkylation sites (tertiary alicyclic amines) is 1. The second-order valence-electron chi connectivity index (χ2n) is 18.3. The van der Waals surface area contributed by atoms with Crippen LogP contribution in [0.5, 0.6) is 5.75 Å². The van der Waals surface area contributed by atoms with Gasteiger partial charge in [-0.3, -0.25) is 37.1 Å². The van der Waals surface area contributed by atoms with E-state index >= 15 is 0 Å². The van der Waals surface area contributed by atoms with Crippen molar-refractivity contribution in [1.82, 2.24) is 20.3 Å². The highest BCUT2D eigenvalue weighted by Gasteiger charge is 2.46. The van der Waals surface area contributed by atoms with E-state index in [1.54, 1.807) is 56.0 Å². The molecule has 0 radical (unpaired) electrons. The summed E-state index contributed by atoms with van der Waals surface area (Å²) < 4.78 is 167. The number of nitrogen functional groups attached to an aromatic ring is 1. The minimum atomic E-state index is -5.65. The van der Waals surface area contributed by atoms with Crippen LogP contribution in [0, 0.1) is 26.2 Å². The van der Waals surface area contributed by atoms with Gasteiger partial charge in [0.15, 0.2) is 0 Å². The fourth-order valence-corrected chi connectivity index (χ4v) is 12.5. The van der Waals surface area contributed by atoms with E-state index in [1.165, 1.54) is 31.4 Å². The second-order valence-corrected chi connectivity index (χ2v) is 24.1. The van der Waals surface area contributed by atoms with Crippen LogP contribution in [0.4, 0.5) is 5.69 Å². The summed E-state index contributed by atoms with van der Waals surface area (Å²) >= 11 is 0.934. The molecule has 2 heterocycles. The molecule has 6 atom stereocenters. The van der Waals surface area contributed by atoms with Gasteiger partial charge in [-0.05, 0) is 92.6 Å². The van der Waals surface area contributed by atoms with Crippen LogP contribution in [0.2, 0.25) is 0 Å². The van der Waals surface area contributed by atoms with Crippen molar-refractivity contribution in [3.8, 4) is 5.75 Å². The molecule has 4 amide bonds. The fraction of sp³-hybridized carbons (Fsp3) is 0.511. The fourth-order valence-electron chi connectivity index (χ4n) is 8.59. The number of aryl methyl sites for hydroxylation is 1. The molecule has 0 aliphatic carbocycles. The van der Waals surface area contributed by atoms with E-state index in [0.717, 1.165) is 31.0 Å². The molecule has 5 rings (SSSR count). The molecule has 34 heteroatoms. The van der Waals surface area contributed by atoms with Crippen LogP contribution < -0.4 is 31.1 Å². The number of ether oxygens (including phenoxy) is 4. The number of nitrogens with one attached hydrogen (secondary N) is 5. The molecule has 3 aromatic rings. The van der Waals surface area contributed by atoms with Crippen LogP contribution in [-0.2, 0) is 88.8 Å². The van der Waals surface area contributed by atoms with Crippen LogP contribution in [0.1, 0.15) is 57.4 Å². The highest BCUT2D eigenvalue weighted by atomic mass is 32.3. The third-order valence-corrected chi connectivity index (χ3v) is 16.6. The smallest absolute Gasteiger partial charge is 0.251 e. The highest BCUT2D eigenvalue weighted by Crippen LogP contribution is 2.31. The van der Waals surface area contributed by atoms with Gasteiger partial charge in [0.1, 0.15) is 48.1 Å². The van der Waals surface area contributed by atoms with Crippen molar-refractivity contribution in [3.63, 3.8) is 0 Å². The molecule has 2 saturated heterocycles. The molecule has 81 heavy (non-hydrogen) atoms. The number of amides is 4. The van der Waals surface area contributed by atoms with E-state index in [2.05, 4.69) is 33.2 Å². The van der Waals surface area contributed by atoms with Crippen LogP contribution >= 0.6 is 11.8 Å². The average Bonchev–Trinajstić information content (AvgIpc) is 3.38. The summed E-state index contributed by atoms with van der Waals surface area (Å²) in [5.74, 6) is -2.55. The van der Waals surface area contributed by atoms with E-state index in [9.17, 15) is 66.5 Å². The summed E-state index contributed by atoms with van der Waals surface area (Å²) in [5.41, 5.74) is 8.45. The first-order valence-electron chi connectivity index (χ1n) is 24.6. The van der Waals surface area contributed by atoms with Crippen LogP contribution in [0.3, 0.4) is 0 Å². The predicted molar refractivity (Wildman–Crippen MR) is 285 cm³/mol. The number of hydrogen-bond donors (Lipinski definition) is 6. The number of carbonyl (C=O) groups excluding carboxylic acids is 4. The second kappa shape index (κ2) is 29.7. The van der Waals surface area contributed by atoms with Gasteiger partial charge in [-0.2, -0.15) is 4.72 Å². The van der Waals surface area contributed by atoms with Crippen molar-refractivity contribution in [2.24, 2.45) is 5.73 Å². The molecular formula is C47H62N7O22S5-3. The van der Waals surface area contributed by atoms with E-state index < -0.39 is 115 Å². The number of hydrogen-bond acceptors (Lipinski definition) is 24. The maximum atomic E-state index is 14.4.